The Morgan fingerprint density at radius 1 is 1.11 bits per heavy atom. The van der Waals surface area contributed by atoms with Crippen LogP contribution in [0.3, 0.4) is 0 Å². The van der Waals surface area contributed by atoms with Crippen LogP contribution < -0.4 is 15.4 Å². The van der Waals surface area contributed by atoms with E-state index in [9.17, 15) is 9.59 Å². The number of ether oxygens (including phenoxy) is 1. The van der Waals surface area contributed by atoms with E-state index in [2.05, 4.69) is 15.6 Å². The number of anilines is 1. The molecule has 0 atom stereocenters. The van der Waals surface area contributed by atoms with Crippen molar-refractivity contribution in [1.29, 1.82) is 0 Å². The summed E-state index contributed by atoms with van der Waals surface area (Å²) < 4.78 is 5.96. The molecule has 2 aromatic carbocycles. The van der Waals surface area contributed by atoms with E-state index in [1.165, 1.54) is 11.3 Å². The maximum absolute atomic E-state index is 13.3. The Balaban J connectivity index is 1.50. The number of hydrogen-bond donors (Lipinski definition) is 2. The second kappa shape index (κ2) is 6.76. The number of carbonyl (C=O) groups is 2. The minimum Gasteiger partial charge on any atom is -0.457 e. The van der Waals surface area contributed by atoms with Gasteiger partial charge in [0, 0.05) is 17.7 Å². The van der Waals surface area contributed by atoms with Gasteiger partial charge in [0.05, 0.1) is 11.6 Å². The zero-order valence-electron chi connectivity index (χ0n) is 14.9. The van der Waals surface area contributed by atoms with Crippen LogP contribution in [0.4, 0.5) is 5.13 Å². The highest BCUT2D eigenvalue weighted by Crippen LogP contribution is 2.44. The van der Waals surface area contributed by atoms with E-state index in [1.807, 2.05) is 48.5 Å². The van der Waals surface area contributed by atoms with E-state index in [-0.39, 0.29) is 11.8 Å². The molecule has 0 fully saturated rings. The van der Waals surface area contributed by atoms with Crippen molar-refractivity contribution in [3.8, 4) is 11.5 Å². The number of hydrogen-bond acceptors (Lipinski definition) is 5. The summed E-state index contributed by atoms with van der Waals surface area (Å²) in [5, 5.41) is 6.24. The average Bonchev–Trinajstić information content (AvgIpc) is 3.03. The fourth-order valence-electron chi connectivity index (χ4n) is 3.66. The number of aryl methyl sites for hydroxylation is 1. The first-order chi connectivity index (χ1) is 13.7. The Morgan fingerprint density at radius 3 is 2.50 bits per heavy atom. The maximum atomic E-state index is 13.3. The van der Waals surface area contributed by atoms with Gasteiger partial charge in [-0.1, -0.05) is 47.7 Å². The van der Waals surface area contributed by atoms with Gasteiger partial charge in [-0.25, -0.2) is 4.98 Å². The lowest BCUT2D eigenvalue weighted by Gasteiger charge is -2.27. The molecular weight excluding hydrogens is 374 g/mol. The number of nitrogens with one attached hydrogen (secondary N) is 2. The van der Waals surface area contributed by atoms with Crippen LogP contribution in [0.5, 0.6) is 11.5 Å². The molecule has 6 nitrogen and oxygen atoms in total. The topological polar surface area (TPSA) is 80.3 Å². The van der Waals surface area contributed by atoms with Gasteiger partial charge in [-0.2, -0.15) is 0 Å². The van der Waals surface area contributed by atoms with E-state index < -0.39 is 5.92 Å². The third kappa shape index (κ3) is 2.84. The molecule has 7 heteroatoms. The number of carbonyl (C=O) groups excluding carboxylic acids is 2. The lowest BCUT2D eigenvalue weighted by atomic mass is 9.87. The van der Waals surface area contributed by atoms with Crippen LogP contribution in [0.1, 0.15) is 38.8 Å². The molecule has 2 amide bonds. The van der Waals surface area contributed by atoms with E-state index >= 15 is 0 Å². The normalized spacial score (nSPS) is 15.4. The van der Waals surface area contributed by atoms with Crippen molar-refractivity contribution in [2.45, 2.75) is 18.8 Å². The van der Waals surface area contributed by atoms with Crippen molar-refractivity contribution in [3.63, 3.8) is 0 Å². The second-order valence-electron chi connectivity index (χ2n) is 6.75. The Bertz CT molecular complexity index is 1050. The number of nitrogens with zero attached hydrogens (tertiary/aromatic N) is 1. The van der Waals surface area contributed by atoms with Crippen molar-refractivity contribution in [1.82, 2.24) is 10.3 Å². The molecule has 0 radical (unpaired) electrons. The van der Waals surface area contributed by atoms with E-state index in [4.69, 9.17) is 4.74 Å². The Morgan fingerprint density at radius 2 is 1.79 bits per heavy atom. The summed E-state index contributed by atoms with van der Waals surface area (Å²) in [4.78, 5) is 30.5. The fraction of sp³-hybridized carbons (Fsp3) is 0.190. The van der Waals surface area contributed by atoms with Gasteiger partial charge >= 0.3 is 0 Å². The summed E-state index contributed by atoms with van der Waals surface area (Å²) >= 11 is 1.23. The summed E-state index contributed by atoms with van der Waals surface area (Å²) in [6.45, 7) is 0.652. The van der Waals surface area contributed by atoms with Gasteiger partial charge in [0.15, 0.2) is 5.13 Å². The lowest BCUT2D eigenvalue weighted by molar-refractivity contribution is -0.116. The minimum atomic E-state index is -0.501. The third-order valence-corrected chi connectivity index (χ3v) is 5.96. The first-order valence-electron chi connectivity index (χ1n) is 9.15. The van der Waals surface area contributed by atoms with Gasteiger partial charge in [0.2, 0.25) is 5.91 Å². The molecule has 0 bridgehead atoms. The van der Waals surface area contributed by atoms with Crippen LogP contribution in [0.25, 0.3) is 0 Å². The van der Waals surface area contributed by atoms with E-state index in [0.29, 0.717) is 28.1 Å². The third-order valence-electron chi connectivity index (χ3n) is 4.95. The zero-order valence-corrected chi connectivity index (χ0v) is 15.7. The van der Waals surface area contributed by atoms with Crippen LogP contribution in [0.15, 0.2) is 48.5 Å². The molecule has 1 aromatic heterocycles. The van der Waals surface area contributed by atoms with Gasteiger partial charge < -0.3 is 15.4 Å². The standard InChI is InChI=1S/C21H17N3O3S/c25-19(24-21-23-14-8-5-11-22-20(26)18(14)28-21)17-12-6-1-3-9-15(12)27-16-10-4-2-7-13(16)17/h1-4,6-7,9-10,17H,5,8,11H2,(H,22,26)(H,23,24,25). The summed E-state index contributed by atoms with van der Waals surface area (Å²) in [6, 6.07) is 15.1. The Kier molecular flexibility index (Phi) is 4.09. The highest BCUT2D eigenvalue weighted by Gasteiger charge is 2.33. The minimum absolute atomic E-state index is 0.118. The SMILES string of the molecule is O=C1NCCCc2nc(NC(=O)C3c4ccccc4Oc4ccccc43)sc21. The molecule has 0 unspecified atom stereocenters. The van der Waals surface area contributed by atoms with Crippen LogP contribution in [0.2, 0.25) is 0 Å². The molecular formula is C21H17N3O3S. The number of para-hydroxylation sites is 2. The van der Waals surface area contributed by atoms with Crippen LogP contribution in [-0.2, 0) is 11.2 Å². The Labute approximate surface area is 165 Å². The molecule has 28 heavy (non-hydrogen) atoms. The molecule has 140 valence electrons. The van der Waals surface area contributed by atoms with E-state index in [1.54, 1.807) is 0 Å². The monoisotopic (exact) mass is 391 g/mol. The predicted octanol–water partition coefficient (Wildman–Crippen LogP) is 3.70. The quantitative estimate of drug-likeness (QED) is 0.698. The van der Waals surface area contributed by atoms with Crippen molar-refractivity contribution in [3.05, 3.63) is 70.2 Å². The molecule has 3 aromatic rings. The van der Waals surface area contributed by atoms with Gasteiger partial charge in [0.25, 0.3) is 5.91 Å². The average molecular weight is 391 g/mol. The van der Waals surface area contributed by atoms with Gasteiger partial charge in [-0.3, -0.25) is 9.59 Å². The van der Waals surface area contributed by atoms with Crippen molar-refractivity contribution in [2.24, 2.45) is 0 Å². The smallest absolute Gasteiger partial charge is 0.263 e. The predicted molar refractivity (Wildman–Crippen MR) is 106 cm³/mol. The number of thiazole rings is 1. The molecule has 0 saturated carbocycles. The summed E-state index contributed by atoms with van der Waals surface area (Å²) in [5.41, 5.74) is 2.38. The van der Waals surface area contributed by atoms with Crippen molar-refractivity contribution >= 4 is 28.3 Å². The summed E-state index contributed by atoms with van der Waals surface area (Å²) in [6.07, 6.45) is 1.57. The highest BCUT2D eigenvalue weighted by atomic mass is 32.1. The first-order valence-corrected chi connectivity index (χ1v) is 9.97. The lowest BCUT2D eigenvalue weighted by Crippen LogP contribution is -2.25. The Hall–Kier alpha value is -3.19. The number of fused-ring (bicyclic) bond motifs is 3. The van der Waals surface area contributed by atoms with E-state index in [0.717, 1.165) is 29.7 Å². The molecule has 2 aliphatic heterocycles. The summed E-state index contributed by atoms with van der Waals surface area (Å²) in [5.74, 6) is 0.546. The molecule has 0 saturated heterocycles. The highest BCUT2D eigenvalue weighted by molar-refractivity contribution is 7.17. The van der Waals surface area contributed by atoms with Crippen molar-refractivity contribution < 1.29 is 14.3 Å². The summed E-state index contributed by atoms with van der Waals surface area (Å²) in [7, 11) is 0. The maximum Gasteiger partial charge on any atom is 0.263 e. The fourth-order valence-corrected chi connectivity index (χ4v) is 4.59. The van der Waals surface area contributed by atoms with Gasteiger partial charge in [-0.15, -0.1) is 0 Å². The molecule has 0 spiro atoms. The molecule has 2 aliphatic rings. The second-order valence-corrected chi connectivity index (χ2v) is 7.75. The largest absolute Gasteiger partial charge is 0.457 e. The first kappa shape index (κ1) is 16.9. The number of amides is 2. The zero-order chi connectivity index (χ0) is 19.1. The molecule has 0 aliphatic carbocycles. The van der Waals surface area contributed by atoms with Crippen LogP contribution >= 0.6 is 11.3 Å². The van der Waals surface area contributed by atoms with Crippen LogP contribution in [-0.4, -0.2) is 23.3 Å². The molecule has 3 heterocycles. The molecule has 5 rings (SSSR count). The number of aromatic nitrogens is 1. The number of rotatable bonds is 2. The molecule has 2 N–H and O–H groups in total. The van der Waals surface area contributed by atoms with Gasteiger partial charge in [-0.05, 0) is 25.0 Å². The van der Waals surface area contributed by atoms with Crippen molar-refractivity contribution in [2.75, 3.05) is 11.9 Å². The number of benzene rings is 2. The van der Waals surface area contributed by atoms with Gasteiger partial charge in [0.1, 0.15) is 16.4 Å². The van der Waals surface area contributed by atoms with Crippen LogP contribution in [0, 0.1) is 0 Å².